The molecule has 0 spiro atoms. The fraction of sp³-hybridized carbons (Fsp3) is 0.524. The molecule has 3 rings (SSSR count). The molecular formula is C21H29N5O3. The SMILES string of the molecule is Cc1cc(C)n(CC(C)CNC(=O)C2CCN(c3ccccc3[N+](=O)[O-])CC2)n1. The van der Waals surface area contributed by atoms with Crippen molar-refractivity contribution in [3.63, 3.8) is 0 Å². The van der Waals surface area contributed by atoms with Crippen LogP contribution in [0.15, 0.2) is 30.3 Å². The first kappa shape index (κ1) is 20.8. The average Bonchev–Trinajstić information content (AvgIpc) is 3.02. The van der Waals surface area contributed by atoms with Crippen LogP contribution < -0.4 is 10.2 Å². The smallest absolute Gasteiger partial charge is 0.292 e. The highest BCUT2D eigenvalue weighted by Gasteiger charge is 2.28. The summed E-state index contributed by atoms with van der Waals surface area (Å²) in [6.45, 7) is 8.79. The van der Waals surface area contributed by atoms with Crippen molar-refractivity contribution in [2.45, 2.75) is 40.2 Å². The van der Waals surface area contributed by atoms with Crippen LogP contribution in [0.2, 0.25) is 0 Å². The quantitative estimate of drug-likeness (QED) is 0.570. The number of amides is 1. The Morgan fingerprint density at radius 3 is 2.62 bits per heavy atom. The van der Waals surface area contributed by atoms with Crippen LogP contribution in [-0.2, 0) is 11.3 Å². The van der Waals surface area contributed by atoms with E-state index < -0.39 is 0 Å². The fourth-order valence-electron chi connectivity index (χ4n) is 3.91. The zero-order chi connectivity index (χ0) is 21.0. The van der Waals surface area contributed by atoms with Crippen molar-refractivity contribution < 1.29 is 9.72 Å². The molecule has 0 aliphatic carbocycles. The molecule has 0 bridgehead atoms. The number of carbonyl (C=O) groups excluding carboxylic acids is 1. The molecule has 0 radical (unpaired) electrons. The Kier molecular flexibility index (Phi) is 6.51. The van der Waals surface area contributed by atoms with Gasteiger partial charge in [0, 0.05) is 43.9 Å². The van der Waals surface area contributed by atoms with Crippen LogP contribution in [0, 0.1) is 35.8 Å². The van der Waals surface area contributed by atoms with Gasteiger partial charge in [0.1, 0.15) is 5.69 Å². The first-order valence-corrected chi connectivity index (χ1v) is 10.1. The highest BCUT2D eigenvalue weighted by atomic mass is 16.6. The zero-order valence-corrected chi connectivity index (χ0v) is 17.3. The number of piperidine rings is 1. The van der Waals surface area contributed by atoms with E-state index in [4.69, 9.17) is 0 Å². The van der Waals surface area contributed by atoms with Crippen molar-refractivity contribution in [3.05, 3.63) is 51.8 Å². The standard InChI is InChI=1S/C21H29N5O3/c1-15(14-25-17(3)12-16(2)23-25)13-22-21(27)18-8-10-24(11-9-18)19-6-4-5-7-20(19)26(28)29/h4-7,12,15,18H,8-11,13-14H2,1-3H3,(H,22,27). The lowest BCUT2D eigenvalue weighted by Gasteiger charge is -2.32. The van der Waals surface area contributed by atoms with E-state index in [9.17, 15) is 14.9 Å². The molecule has 1 fully saturated rings. The van der Waals surface area contributed by atoms with Gasteiger partial charge < -0.3 is 10.2 Å². The maximum Gasteiger partial charge on any atom is 0.292 e. The molecule has 1 aliphatic heterocycles. The zero-order valence-electron chi connectivity index (χ0n) is 17.3. The van der Waals surface area contributed by atoms with Crippen LogP contribution in [0.25, 0.3) is 0 Å². The number of nitrogens with one attached hydrogen (secondary N) is 1. The predicted octanol–water partition coefficient (Wildman–Crippen LogP) is 3.08. The van der Waals surface area contributed by atoms with Crippen LogP contribution in [0.5, 0.6) is 0 Å². The largest absolute Gasteiger partial charge is 0.366 e. The third-order valence-electron chi connectivity index (χ3n) is 5.50. The van der Waals surface area contributed by atoms with Crippen LogP contribution in [0.3, 0.4) is 0 Å². The fourth-order valence-corrected chi connectivity index (χ4v) is 3.91. The lowest BCUT2D eigenvalue weighted by atomic mass is 9.95. The highest BCUT2D eigenvalue weighted by molar-refractivity contribution is 5.79. The summed E-state index contributed by atoms with van der Waals surface area (Å²) in [4.78, 5) is 25.5. The topological polar surface area (TPSA) is 93.3 Å². The van der Waals surface area contributed by atoms with Gasteiger partial charge >= 0.3 is 0 Å². The molecule has 1 atom stereocenters. The molecule has 1 amide bonds. The van der Waals surface area contributed by atoms with E-state index in [0.29, 0.717) is 38.2 Å². The second kappa shape index (κ2) is 9.07. The predicted molar refractivity (Wildman–Crippen MR) is 112 cm³/mol. The molecule has 1 aromatic heterocycles. The van der Waals surface area contributed by atoms with Crippen LogP contribution in [0.1, 0.15) is 31.2 Å². The maximum absolute atomic E-state index is 12.6. The Morgan fingerprint density at radius 2 is 2.00 bits per heavy atom. The number of benzene rings is 1. The molecule has 1 saturated heterocycles. The van der Waals surface area contributed by atoms with Gasteiger partial charge in [-0.05, 0) is 44.7 Å². The molecule has 156 valence electrons. The molecule has 29 heavy (non-hydrogen) atoms. The molecule has 2 heterocycles. The van der Waals surface area contributed by atoms with E-state index in [1.54, 1.807) is 12.1 Å². The van der Waals surface area contributed by atoms with E-state index in [1.807, 2.05) is 29.5 Å². The highest BCUT2D eigenvalue weighted by Crippen LogP contribution is 2.31. The molecule has 1 unspecified atom stereocenters. The van der Waals surface area contributed by atoms with Crippen LogP contribution >= 0.6 is 0 Å². The Balaban J connectivity index is 1.48. The van der Waals surface area contributed by atoms with Gasteiger partial charge in [0.05, 0.1) is 10.6 Å². The summed E-state index contributed by atoms with van der Waals surface area (Å²) < 4.78 is 1.98. The first-order chi connectivity index (χ1) is 13.8. The summed E-state index contributed by atoms with van der Waals surface area (Å²) in [6.07, 6.45) is 1.40. The van der Waals surface area contributed by atoms with Crippen molar-refractivity contribution in [2.24, 2.45) is 11.8 Å². The van der Waals surface area contributed by atoms with Crippen molar-refractivity contribution >= 4 is 17.3 Å². The molecule has 8 nitrogen and oxygen atoms in total. The monoisotopic (exact) mass is 399 g/mol. The number of carbonyl (C=O) groups is 1. The Labute approximate surface area is 171 Å². The maximum atomic E-state index is 12.6. The number of nitro benzene ring substituents is 1. The number of hydrogen-bond acceptors (Lipinski definition) is 5. The molecule has 8 heteroatoms. The van der Waals surface area contributed by atoms with E-state index >= 15 is 0 Å². The lowest BCUT2D eigenvalue weighted by molar-refractivity contribution is -0.384. The van der Waals surface area contributed by atoms with Crippen molar-refractivity contribution in [3.8, 4) is 0 Å². The minimum absolute atomic E-state index is 0.0464. The van der Waals surface area contributed by atoms with Crippen LogP contribution in [-0.4, -0.2) is 40.2 Å². The van der Waals surface area contributed by atoms with Gasteiger partial charge in [-0.1, -0.05) is 19.1 Å². The number of hydrogen-bond donors (Lipinski definition) is 1. The molecule has 1 aliphatic rings. The van der Waals surface area contributed by atoms with Gasteiger partial charge in [0.25, 0.3) is 5.69 Å². The van der Waals surface area contributed by atoms with Crippen molar-refractivity contribution in [1.82, 2.24) is 15.1 Å². The number of rotatable bonds is 7. The lowest BCUT2D eigenvalue weighted by Crippen LogP contribution is -2.42. The minimum Gasteiger partial charge on any atom is -0.366 e. The van der Waals surface area contributed by atoms with E-state index in [-0.39, 0.29) is 28.4 Å². The second-order valence-corrected chi connectivity index (χ2v) is 7.97. The number of aryl methyl sites for hydroxylation is 2. The molecular weight excluding hydrogens is 370 g/mol. The van der Waals surface area contributed by atoms with Gasteiger partial charge in [-0.25, -0.2) is 0 Å². The minimum atomic E-state index is -0.349. The average molecular weight is 399 g/mol. The summed E-state index contributed by atoms with van der Waals surface area (Å²) in [5.74, 6) is 0.311. The molecule has 1 aromatic carbocycles. The molecule has 2 aromatic rings. The van der Waals surface area contributed by atoms with Gasteiger partial charge in [0.2, 0.25) is 5.91 Å². The van der Waals surface area contributed by atoms with E-state index in [2.05, 4.69) is 23.4 Å². The summed E-state index contributed by atoms with van der Waals surface area (Å²) >= 11 is 0. The summed E-state index contributed by atoms with van der Waals surface area (Å²) in [7, 11) is 0. The molecule has 0 saturated carbocycles. The third-order valence-corrected chi connectivity index (χ3v) is 5.50. The summed E-state index contributed by atoms with van der Waals surface area (Å²) in [5.41, 5.74) is 2.88. The van der Waals surface area contributed by atoms with Crippen LogP contribution in [0.4, 0.5) is 11.4 Å². The Morgan fingerprint density at radius 1 is 1.31 bits per heavy atom. The number of aromatic nitrogens is 2. The van der Waals surface area contributed by atoms with Gasteiger partial charge in [0.15, 0.2) is 0 Å². The van der Waals surface area contributed by atoms with E-state index in [1.165, 1.54) is 6.07 Å². The Hall–Kier alpha value is -2.90. The Bertz CT molecular complexity index is 871. The van der Waals surface area contributed by atoms with Gasteiger partial charge in [-0.2, -0.15) is 5.10 Å². The molecule has 1 N–H and O–H groups in total. The summed E-state index contributed by atoms with van der Waals surface area (Å²) in [5, 5.41) is 18.8. The second-order valence-electron chi connectivity index (χ2n) is 7.97. The third kappa shape index (κ3) is 5.13. The van der Waals surface area contributed by atoms with E-state index in [0.717, 1.165) is 17.9 Å². The van der Waals surface area contributed by atoms with Crippen molar-refractivity contribution in [1.29, 1.82) is 0 Å². The number of anilines is 1. The number of para-hydroxylation sites is 2. The number of nitro groups is 1. The summed E-state index contributed by atoms with van der Waals surface area (Å²) in [6, 6.07) is 8.84. The number of nitrogens with zero attached hydrogens (tertiary/aromatic N) is 4. The van der Waals surface area contributed by atoms with Gasteiger partial charge in [-0.3, -0.25) is 19.6 Å². The van der Waals surface area contributed by atoms with Crippen molar-refractivity contribution in [2.75, 3.05) is 24.5 Å². The first-order valence-electron chi connectivity index (χ1n) is 10.1. The normalized spacial score (nSPS) is 15.9. The van der Waals surface area contributed by atoms with Gasteiger partial charge in [-0.15, -0.1) is 0 Å².